The molecule has 0 radical (unpaired) electrons. The van der Waals surface area contributed by atoms with Crippen LogP contribution in [0.25, 0.3) is 0 Å². The van der Waals surface area contributed by atoms with Crippen molar-refractivity contribution >= 4 is 0 Å². The summed E-state index contributed by atoms with van der Waals surface area (Å²) in [5.74, 6) is 0.913. The van der Waals surface area contributed by atoms with E-state index in [-0.39, 0.29) is 0 Å². The summed E-state index contributed by atoms with van der Waals surface area (Å²) in [5, 5.41) is 8.72. The molecule has 2 aliphatic rings. The Hall–Kier alpha value is -0.550. The second kappa shape index (κ2) is 4.11. The van der Waals surface area contributed by atoms with Crippen molar-refractivity contribution in [3.05, 3.63) is 0 Å². The van der Waals surface area contributed by atoms with E-state index in [0.717, 1.165) is 18.5 Å². The molecule has 72 valence electrons. The zero-order valence-electron chi connectivity index (χ0n) is 8.21. The molecule has 0 aromatic heterocycles. The van der Waals surface area contributed by atoms with Gasteiger partial charge in [0.2, 0.25) is 0 Å². The van der Waals surface area contributed by atoms with Gasteiger partial charge in [0, 0.05) is 6.04 Å². The molecular weight excluding hydrogens is 160 g/mol. The first-order chi connectivity index (χ1) is 6.42. The van der Waals surface area contributed by atoms with Crippen LogP contribution in [0.3, 0.4) is 0 Å². The van der Waals surface area contributed by atoms with Crippen molar-refractivity contribution in [3.63, 3.8) is 0 Å². The van der Waals surface area contributed by atoms with Gasteiger partial charge in [0.15, 0.2) is 0 Å². The Balaban J connectivity index is 1.99. The van der Waals surface area contributed by atoms with Crippen molar-refractivity contribution in [1.82, 2.24) is 4.90 Å². The van der Waals surface area contributed by atoms with Crippen LogP contribution in [-0.2, 0) is 0 Å². The van der Waals surface area contributed by atoms with Gasteiger partial charge in [-0.15, -0.1) is 0 Å². The SMILES string of the molecule is N#CCN1CCC[C@@H]2CCCC[C@H]21. The molecular formula is C11H18N2. The van der Waals surface area contributed by atoms with E-state index in [0.29, 0.717) is 6.54 Å². The van der Waals surface area contributed by atoms with Crippen molar-refractivity contribution in [3.8, 4) is 6.07 Å². The molecule has 0 N–H and O–H groups in total. The van der Waals surface area contributed by atoms with Crippen molar-refractivity contribution in [2.75, 3.05) is 13.1 Å². The highest BCUT2D eigenvalue weighted by Gasteiger charge is 2.32. The fourth-order valence-electron chi connectivity index (χ4n) is 3.02. The summed E-state index contributed by atoms with van der Waals surface area (Å²) in [4.78, 5) is 2.41. The predicted octanol–water partition coefficient (Wildman–Crippen LogP) is 2.16. The lowest BCUT2D eigenvalue weighted by Gasteiger charge is -2.43. The molecule has 0 spiro atoms. The molecule has 13 heavy (non-hydrogen) atoms. The molecule has 1 aliphatic carbocycles. The van der Waals surface area contributed by atoms with E-state index < -0.39 is 0 Å². The summed E-state index contributed by atoms with van der Waals surface area (Å²) in [6, 6.07) is 3.05. The van der Waals surface area contributed by atoms with Crippen LogP contribution in [0.4, 0.5) is 0 Å². The number of hydrogen-bond donors (Lipinski definition) is 0. The second-order valence-electron chi connectivity index (χ2n) is 4.38. The molecule has 1 saturated carbocycles. The van der Waals surface area contributed by atoms with Crippen LogP contribution in [0, 0.1) is 17.2 Å². The Labute approximate surface area is 80.5 Å². The van der Waals surface area contributed by atoms with Crippen LogP contribution in [-0.4, -0.2) is 24.0 Å². The standard InChI is InChI=1S/C11H18N2/c12-7-9-13-8-3-5-10-4-1-2-6-11(10)13/h10-11H,1-6,8-9H2/t10-,11+/m0/s1. The number of rotatable bonds is 1. The maximum Gasteiger partial charge on any atom is 0.0868 e. The van der Waals surface area contributed by atoms with Crippen molar-refractivity contribution in [2.45, 2.75) is 44.6 Å². The van der Waals surface area contributed by atoms with Crippen LogP contribution >= 0.6 is 0 Å². The predicted molar refractivity (Wildman–Crippen MR) is 52.2 cm³/mol. The third-order valence-corrected chi connectivity index (χ3v) is 3.63. The van der Waals surface area contributed by atoms with Crippen molar-refractivity contribution in [1.29, 1.82) is 5.26 Å². The van der Waals surface area contributed by atoms with Gasteiger partial charge in [0.05, 0.1) is 12.6 Å². The Morgan fingerprint density at radius 1 is 1.15 bits per heavy atom. The first-order valence-corrected chi connectivity index (χ1v) is 5.53. The van der Waals surface area contributed by atoms with Gasteiger partial charge >= 0.3 is 0 Å². The van der Waals surface area contributed by atoms with Crippen molar-refractivity contribution in [2.24, 2.45) is 5.92 Å². The highest BCUT2D eigenvalue weighted by Crippen LogP contribution is 2.34. The summed E-state index contributed by atoms with van der Waals surface area (Å²) in [7, 11) is 0. The van der Waals surface area contributed by atoms with E-state index in [2.05, 4.69) is 11.0 Å². The molecule has 2 atom stereocenters. The van der Waals surface area contributed by atoms with Crippen LogP contribution in [0.15, 0.2) is 0 Å². The van der Waals surface area contributed by atoms with Crippen LogP contribution in [0.5, 0.6) is 0 Å². The fourth-order valence-corrected chi connectivity index (χ4v) is 3.02. The Morgan fingerprint density at radius 2 is 1.92 bits per heavy atom. The number of likely N-dealkylation sites (tertiary alicyclic amines) is 1. The number of hydrogen-bond acceptors (Lipinski definition) is 2. The minimum Gasteiger partial charge on any atom is -0.287 e. The van der Waals surface area contributed by atoms with Gasteiger partial charge in [0.25, 0.3) is 0 Å². The Morgan fingerprint density at radius 3 is 2.77 bits per heavy atom. The molecule has 1 aliphatic heterocycles. The first kappa shape index (κ1) is 9.02. The van der Waals surface area contributed by atoms with E-state index in [1.54, 1.807) is 0 Å². The molecule has 0 bridgehead atoms. The van der Waals surface area contributed by atoms with Crippen molar-refractivity contribution < 1.29 is 0 Å². The summed E-state index contributed by atoms with van der Waals surface area (Å²) in [6.45, 7) is 1.82. The Kier molecular flexibility index (Phi) is 2.85. The normalized spacial score (nSPS) is 35.0. The van der Waals surface area contributed by atoms with Gasteiger partial charge in [-0.2, -0.15) is 5.26 Å². The van der Waals surface area contributed by atoms with Crippen LogP contribution < -0.4 is 0 Å². The summed E-state index contributed by atoms with van der Waals surface area (Å²) >= 11 is 0. The van der Waals surface area contributed by atoms with E-state index in [1.165, 1.54) is 38.5 Å². The molecule has 0 aromatic carbocycles. The average Bonchev–Trinajstić information content (AvgIpc) is 2.19. The molecule has 0 amide bonds. The van der Waals surface area contributed by atoms with Gasteiger partial charge in [-0.3, -0.25) is 4.90 Å². The third kappa shape index (κ3) is 1.86. The minimum absolute atomic E-state index is 0.654. The van der Waals surface area contributed by atoms with Gasteiger partial charge in [0.1, 0.15) is 0 Å². The average molecular weight is 178 g/mol. The number of nitriles is 1. The van der Waals surface area contributed by atoms with Gasteiger partial charge in [-0.25, -0.2) is 0 Å². The topological polar surface area (TPSA) is 27.0 Å². The van der Waals surface area contributed by atoms with Gasteiger partial charge in [-0.05, 0) is 38.1 Å². The Bertz CT molecular complexity index is 205. The summed E-state index contributed by atoms with van der Waals surface area (Å²) in [6.07, 6.45) is 8.26. The van der Waals surface area contributed by atoms with Gasteiger partial charge in [-0.1, -0.05) is 12.8 Å². The lowest BCUT2D eigenvalue weighted by Crippen LogP contribution is -2.46. The fraction of sp³-hybridized carbons (Fsp3) is 0.909. The first-order valence-electron chi connectivity index (χ1n) is 5.53. The van der Waals surface area contributed by atoms with E-state index in [9.17, 15) is 0 Å². The van der Waals surface area contributed by atoms with E-state index in [1.807, 2.05) is 0 Å². The largest absolute Gasteiger partial charge is 0.287 e. The van der Waals surface area contributed by atoms with E-state index in [4.69, 9.17) is 5.26 Å². The quantitative estimate of drug-likeness (QED) is 0.575. The molecule has 2 heteroatoms. The molecule has 0 unspecified atom stereocenters. The highest BCUT2D eigenvalue weighted by molar-refractivity contribution is 4.90. The molecule has 1 heterocycles. The zero-order valence-corrected chi connectivity index (χ0v) is 8.21. The number of nitrogens with zero attached hydrogens (tertiary/aromatic N) is 2. The number of piperidine rings is 1. The smallest absolute Gasteiger partial charge is 0.0868 e. The second-order valence-corrected chi connectivity index (χ2v) is 4.38. The van der Waals surface area contributed by atoms with Gasteiger partial charge < -0.3 is 0 Å². The maximum atomic E-state index is 8.72. The summed E-state index contributed by atoms with van der Waals surface area (Å²) < 4.78 is 0. The zero-order chi connectivity index (χ0) is 9.10. The molecule has 2 rings (SSSR count). The monoisotopic (exact) mass is 178 g/mol. The molecule has 1 saturated heterocycles. The lowest BCUT2D eigenvalue weighted by atomic mass is 9.78. The molecule has 2 fully saturated rings. The molecule has 2 nitrogen and oxygen atoms in total. The maximum absolute atomic E-state index is 8.72. The van der Waals surface area contributed by atoms with E-state index >= 15 is 0 Å². The third-order valence-electron chi connectivity index (χ3n) is 3.63. The molecule has 0 aromatic rings. The van der Waals surface area contributed by atoms with Crippen LogP contribution in [0.2, 0.25) is 0 Å². The minimum atomic E-state index is 0.654. The lowest BCUT2D eigenvalue weighted by molar-refractivity contribution is 0.0725. The van der Waals surface area contributed by atoms with Crippen LogP contribution in [0.1, 0.15) is 38.5 Å². The highest BCUT2D eigenvalue weighted by atomic mass is 15.2. The number of fused-ring (bicyclic) bond motifs is 1. The summed E-state index contributed by atoms with van der Waals surface area (Å²) in [5.41, 5.74) is 0.